The van der Waals surface area contributed by atoms with Crippen LogP contribution in [0.15, 0.2) is 36.5 Å². The van der Waals surface area contributed by atoms with Crippen molar-refractivity contribution in [3.63, 3.8) is 0 Å². The number of anilines is 1. The quantitative estimate of drug-likeness (QED) is 0.0500. The van der Waals surface area contributed by atoms with Crippen molar-refractivity contribution in [2.24, 2.45) is 5.41 Å². The van der Waals surface area contributed by atoms with E-state index in [0.717, 1.165) is 29.0 Å². The fourth-order valence-electron chi connectivity index (χ4n) is 5.15. The summed E-state index contributed by atoms with van der Waals surface area (Å²) < 4.78 is 62.1. The number of phosphoric ester groups is 3. The summed E-state index contributed by atoms with van der Waals surface area (Å²) in [5, 5.41) is 45.0. The summed E-state index contributed by atoms with van der Waals surface area (Å²) in [4.78, 5) is 87.8. The zero-order valence-corrected chi connectivity index (χ0v) is 33.9. The molecule has 1 aliphatic heterocycles. The first-order valence-corrected chi connectivity index (χ1v) is 22.2. The monoisotopic (exact) mass is 905 g/mol. The maximum Gasteiger partial charge on any atom is 0.481 e. The number of carbonyl (C=O) groups is 3. The smallest absolute Gasteiger partial charge is 0.386 e. The van der Waals surface area contributed by atoms with Crippen LogP contribution in [0.4, 0.5) is 5.82 Å². The standard InChI is InChI=1S/C28H42N7O19P3S/c1-28(2,22(40)25(41)31-6-5-18(38)30-7-8-58-27(42)14-3-4-15(36)16(37)9-14)11-51-57(48,49)54-56(46,47)50-10-17-21(53-55(43,44)45)20(39)26(52-17)35-13-34-19-23(29)32-12-33-24(19)35/h3-4,9,12-13,15-17,20-22,26,36-37,39-40H,5-8,10-11H2,1-2H3,(H,30,38)(H,31,41)(H,46,47)(H,48,49)(H2,29,32,33)(H2,43,44,45)/t15-,16-,17-,20-,21-,22+,26-/m1/s1. The molecular formula is C28H42N7O19P3S. The highest BCUT2D eigenvalue weighted by Crippen LogP contribution is 2.61. The lowest BCUT2D eigenvalue weighted by molar-refractivity contribution is -0.137. The molecule has 26 nitrogen and oxygen atoms in total. The van der Waals surface area contributed by atoms with Gasteiger partial charge in [0.2, 0.25) is 16.9 Å². The van der Waals surface area contributed by atoms with Gasteiger partial charge in [0.25, 0.3) is 0 Å². The number of imidazole rings is 1. The number of hydrogen-bond acceptors (Lipinski definition) is 20. The van der Waals surface area contributed by atoms with Gasteiger partial charge in [0.1, 0.15) is 48.5 Å². The minimum absolute atomic E-state index is 0.0203. The number of hydrogen-bond donors (Lipinski definition) is 11. The van der Waals surface area contributed by atoms with Crippen molar-refractivity contribution in [1.82, 2.24) is 30.2 Å². The third-order valence-electron chi connectivity index (χ3n) is 8.14. The average molecular weight is 906 g/mol. The Bertz CT molecular complexity index is 2030. The lowest BCUT2D eigenvalue weighted by Gasteiger charge is -2.30. The van der Waals surface area contributed by atoms with Crippen LogP contribution in [-0.2, 0) is 50.7 Å². The fraction of sp³-hybridized carbons (Fsp3) is 0.571. The molecule has 0 spiro atoms. The van der Waals surface area contributed by atoms with Crippen molar-refractivity contribution in [3.8, 4) is 0 Å². The predicted molar refractivity (Wildman–Crippen MR) is 196 cm³/mol. The number of carbonyl (C=O) groups excluding carboxylic acids is 3. The number of rotatable bonds is 20. The molecule has 2 amide bonds. The summed E-state index contributed by atoms with van der Waals surface area (Å²) in [7, 11) is -16.5. The number of amides is 2. The number of aromatic nitrogens is 4. The van der Waals surface area contributed by atoms with Gasteiger partial charge < -0.3 is 61.1 Å². The molecule has 58 heavy (non-hydrogen) atoms. The topological polar surface area (TPSA) is 404 Å². The molecule has 3 heterocycles. The van der Waals surface area contributed by atoms with Gasteiger partial charge in [-0.05, 0) is 6.08 Å². The lowest BCUT2D eigenvalue weighted by atomic mass is 9.87. The molecule has 1 aliphatic carbocycles. The van der Waals surface area contributed by atoms with E-state index >= 15 is 0 Å². The first-order valence-electron chi connectivity index (χ1n) is 16.7. The van der Waals surface area contributed by atoms with Crippen LogP contribution < -0.4 is 16.4 Å². The van der Waals surface area contributed by atoms with E-state index < -0.39 is 96.8 Å². The number of phosphoric acid groups is 3. The van der Waals surface area contributed by atoms with Crippen LogP contribution in [0, 0.1) is 5.41 Å². The van der Waals surface area contributed by atoms with Gasteiger partial charge in [-0.25, -0.2) is 28.6 Å². The number of nitrogens with two attached hydrogens (primary N) is 1. The Kier molecular flexibility index (Phi) is 16.1. The van der Waals surface area contributed by atoms with E-state index in [1.165, 1.54) is 32.1 Å². The first kappa shape index (κ1) is 47.6. The summed E-state index contributed by atoms with van der Waals surface area (Å²) in [6.45, 7) is 0.218. The number of aliphatic hydroxyl groups excluding tert-OH is 4. The van der Waals surface area contributed by atoms with Crippen LogP contribution in [0.1, 0.15) is 26.5 Å². The molecular weight excluding hydrogens is 863 g/mol. The largest absolute Gasteiger partial charge is 0.481 e. The normalized spacial score (nSPS) is 25.1. The van der Waals surface area contributed by atoms with Crippen molar-refractivity contribution < 1.29 is 90.7 Å². The average Bonchev–Trinajstić information content (AvgIpc) is 3.69. The Balaban J connectivity index is 1.22. The Morgan fingerprint density at radius 1 is 1.02 bits per heavy atom. The molecule has 0 aromatic carbocycles. The highest BCUT2D eigenvalue weighted by Gasteiger charge is 2.50. The zero-order valence-electron chi connectivity index (χ0n) is 30.4. The number of nitrogens with one attached hydrogen (secondary N) is 2. The summed E-state index contributed by atoms with van der Waals surface area (Å²) in [5.74, 6) is -1.40. The van der Waals surface area contributed by atoms with E-state index in [1.54, 1.807) is 0 Å². The van der Waals surface area contributed by atoms with Gasteiger partial charge in [0.05, 0.1) is 19.5 Å². The third-order valence-corrected chi connectivity index (χ3v) is 12.1. The van der Waals surface area contributed by atoms with Crippen LogP contribution in [0.5, 0.6) is 0 Å². The molecule has 1 fully saturated rings. The van der Waals surface area contributed by atoms with Gasteiger partial charge in [-0.2, -0.15) is 4.31 Å². The molecule has 0 bridgehead atoms. The maximum absolute atomic E-state index is 12.7. The molecule has 0 radical (unpaired) electrons. The number of allylic oxidation sites excluding steroid dienone is 1. The number of nitrogen functional groups attached to an aromatic ring is 1. The maximum atomic E-state index is 12.7. The highest BCUT2D eigenvalue weighted by atomic mass is 32.2. The first-order chi connectivity index (χ1) is 26.9. The molecule has 1 saturated heterocycles. The fourth-order valence-corrected chi connectivity index (χ4v) is 8.67. The van der Waals surface area contributed by atoms with Gasteiger partial charge in [-0.1, -0.05) is 37.8 Å². The van der Waals surface area contributed by atoms with Crippen molar-refractivity contribution in [2.45, 2.75) is 63.1 Å². The molecule has 30 heteroatoms. The summed E-state index contributed by atoms with van der Waals surface area (Å²) in [6.07, 6.45) is -5.54. The number of aliphatic hydroxyl groups is 4. The van der Waals surface area contributed by atoms with Crippen molar-refractivity contribution >= 4 is 69.1 Å². The molecule has 0 saturated carbocycles. The van der Waals surface area contributed by atoms with E-state index in [4.69, 9.17) is 19.5 Å². The lowest BCUT2D eigenvalue weighted by Crippen LogP contribution is -2.46. The van der Waals surface area contributed by atoms with Crippen LogP contribution in [0.3, 0.4) is 0 Å². The third kappa shape index (κ3) is 13.2. The predicted octanol–water partition coefficient (Wildman–Crippen LogP) is -2.12. The summed E-state index contributed by atoms with van der Waals surface area (Å²) in [5.41, 5.74) is 4.40. The van der Waals surface area contributed by atoms with Crippen molar-refractivity contribution in [1.29, 1.82) is 0 Å². The Morgan fingerprint density at radius 2 is 1.71 bits per heavy atom. The van der Waals surface area contributed by atoms with Crippen LogP contribution in [-0.4, -0.2) is 145 Å². The van der Waals surface area contributed by atoms with E-state index in [9.17, 15) is 68.1 Å². The van der Waals surface area contributed by atoms with E-state index in [-0.39, 0.29) is 52.9 Å². The SMILES string of the molecule is CC(C)(COP(=O)(O)OP(=O)(O)OC[C@H]1O[C@@H](n2cnc3c(N)ncnc32)[C@H](O)[C@@H]1OP(=O)(O)O)[C@@H](O)C(=O)NCCC(=O)NCCSC(=O)C1=C[C@@H](O)[C@H](O)C=C1. The molecule has 9 atom stereocenters. The Labute approximate surface area is 332 Å². The number of fused-ring (bicyclic) bond motifs is 1. The van der Waals surface area contributed by atoms with Crippen molar-refractivity contribution in [2.75, 3.05) is 37.8 Å². The molecule has 4 rings (SSSR count). The van der Waals surface area contributed by atoms with Crippen molar-refractivity contribution in [3.05, 3.63) is 36.5 Å². The molecule has 324 valence electrons. The molecule has 2 aliphatic rings. The van der Waals surface area contributed by atoms with E-state index in [0.29, 0.717) is 0 Å². The van der Waals surface area contributed by atoms with Crippen LogP contribution in [0.25, 0.3) is 11.2 Å². The highest BCUT2D eigenvalue weighted by molar-refractivity contribution is 8.14. The number of thioether (sulfide) groups is 1. The van der Waals surface area contributed by atoms with E-state index in [1.807, 2.05) is 0 Å². The van der Waals surface area contributed by atoms with Crippen LogP contribution >= 0.6 is 35.2 Å². The zero-order chi connectivity index (χ0) is 43.2. The number of ether oxygens (including phenoxy) is 1. The minimum atomic E-state index is -5.59. The Morgan fingerprint density at radius 3 is 2.38 bits per heavy atom. The molecule has 2 unspecified atom stereocenters. The summed E-state index contributed by atoms with van der Waals surface area (Å²) in [6, 6.07) is 0. The van der Waals surface area contributed by atoms with Crippen LogP contribution in [0.2, 0.25) is 0 Å². The second kappa shape index (κ2) is 19.6. The minimum Gasteiger partial charge on any atom is -0.386 e. The number of nitrogens with zero attached hydrogens (tertiary/aromatic N) is 4. The molecule has 2 aromatic rings. The molecule has 2 aromatic heterocycles. The van der Waals surface area contributed by atoms with E-state index in [2.05, 4.69) is 34.4 Å². The van der Waals surface area contributed by atoms with Gasteiger partial charge in [0.15, 0.2) is 17.7 Å². The van der Waals surface area contributed by atoms with Gasteiger partial charge in [-0.3, -0.25) is 32.5 Å². The second-order valence-electron chi connectivity index (χ2n) is 13.2. The van der Waals surface area contributed by atoms with Gasteiger partial charge in [0, 0.05) is 36.3 Å². The molecule has 12 N–H and O–H groups in total. The second-order valence-corrected chi connectivity index (χ2v) is 18.5. The Hall–Kier alpha value is -3.04. The van der Waals surface area contributed by atoms with Gasteiger partial charge >= 0.3 is 23.5 Å². The summed E-state index contributed by atoms with van der Waals surface area (Å²) >= 11 is 0.868. The van der Waals surface area contributed by atoms with Gasteiger partial charge in [-0.15, -0.1) is 0 Å².